The molecule has 0 spiro atoms. The van der Waals surface area contributed by atoms with E-state index in [1.165, 1.54) is 23.5 Å². The molecule has 0 unspecified atom stereocenters. The third-order valence-corrected chi connectivity index (χ3v) is 7.95. The van der Waals surface area contributed by atoms with Crippen molar-refractivity contribution in [1.29, 1.82) is 5.26 Å². The van der Waals surface area contributed by atoms with Gasteiger partial charge in [-0.3, -0.25) is 9.59 Å². The fourth-order valence-corrected chi connectivity index (χ4v) is 6.00. The fraction of sp³-hybridized carbons (Fsp3) is 0.435. The molecule has 1 aromatic carbocycles. The third kappa shape index (κ3) is 6.56. The first-order valence-corrected chi connectivity index (χ1v) is 13.3. The van der Waals surface area contributed by atoms with Crippen molar-refractivity contribution in [3.63, 3.8) is 0 Å². The number of amides is 1. The lowest BCUT2D eigenvalue weighted by Gasteiger charge is -2.17. The molecule has 2 aromatic rings. The molecule has 0 radical (unpaired) electrons. The van der Waals surface area contributed by atoms with Gasteiger partial charge >= 0.3 is 5.97 Å². The van der Waals surface area contributed by atoms with Gasteiger partial charge in [0.2, 0.25) is 10.0 Å². The molecule has 0 saturated carbocycles. The molecule has 11 heteroatoms. The highest BCUT2D eigenvalue weighted by Gasteiger charge is 2.25. The molecule has 0 fully saturated rings. The van der Waals surface area contributed by atoms with E-state index in [1.807, 2.05) is 6.92 Å². The number of nitrogens with zero attached hydrogens (tertiary/aromatic N) is 1. The van der Waals surface area contributed by atoms with Gasteiger partial charge in [0.15, 0.2) is 6.61 Å². The maximum atomic E-state index is 12.3. The zero-order chi connectivity index (χ0) is 24.7. The van der Waals surface area contributed by atoms with E-state index in [9.17, 15) is 23.3 Å². The Balaban J connectivity index is 1.44. The van der Waals surface area contributed by atoms with Crippen molar-refractivity contribution in [3.05, 3.63) is 40.3 Å². The van der Waals surface area contributed by atoms with E-state index in [4.69, 9.17) is 9.47 Å². The van der Waals surface area contributed by atoms with Crippen LogP contribution in [0.2, 0.25) is 0 Å². The van der Waals surface area contributed by atoms with Crippen LogP contribution >= 0.6 is 11.3 Å². The molecule has 0 saturated heterocycles. The van der Waals surface area contributed by atoms with E-state index in [2.05, 4.69) is 23.0 Å². The highest BCUT2D eigenvalue weighted by Crippen LogP contribution is 2.39. The zero-order valence-electron chi connectivity index (χ0n) is 19.0. The summed E-state index contributed by atoms with van der Waals surface area (Å²) >= 11 is 1.39. The maximum absolute atomic E-state index is 12.3. The van der Waals surface area contributed by atoms with E-state index in [0.29, 0.717) is 28.8 Å². The number of benzene rings is 1. The van der Waals surface area contributed by atoms with Crippen molar-refractivity contribution in [1.82, 2.24) is 4.72 Å². The molecule has 1 heterocycles. The number of anilines is 1. The van der Waals surface area contributed by atoms with E-state index in [1.54, 1.807) is 12.1 Å². The quantitative estimate of drug-likeness (QED) is 0.474. The fourth-order valence-electron chi connectivity index (χ4n) is 3.59. The van der Waals surface area contributed by atoms with E-state index in [-0.39, 0.29) is 17.9 Å². The molecule has 1 atom stereocenters. The first kappa shape index (κ1) is 25.7. The molecule has 0 aliphatic heterocycles. The van der Waals surface area contributed by atoms with E-state index < -0.39 is 28.5 Å². The number of carbonyl (C=O) groups is 2. The Hall–Kier alpha value is -2.94. The summed E-state index contributed by atoms with van der Waals surface area (Å²) in [6, 6.07) is 8.09. The van der Waals surface area contributed by atoms with Crippen LogP contribution in [0.4, 0.5) is 5.00 Å². The van der Waals surface area contributed by atoms with Crippen LogP contribution in [-0.4, -0.2) is 40.1 Å². The Labute approximate surface area is 203 Å². The lowest BCUT2D eigenvalue weighted by Crippen LogP contribution is -2.28. The monoisotopic (exact) mass is 505 g/mol. The molecular formula is C23H27N3O6S2. The van der Waals surface area contributed by atoms with Gasteiger partial charge in [0.25, 0.3) is 5.91 Å². The van der Waals surface area contributed by atoms with Gasteiger partial charge in [-0.25, -0.2) is 13.1 Å². The molecule has 1 aliphatic carbocycles. The van der Waals surface area contributed by atoms with Crippen molar-refractivity contribution in [2.24, 2.45) is 5.92 Å². The molecule has 1 aromatic heterocycles. The SMILES string of the molecule is CCOc1ccc(S(=O)(=O)NCCC(=O)OCC(=O)Nc2sc3c(c2C#N)CC[C@@H](C)C3)cc1. The number of rotatable bonds is 10. The number of thiophene rings is 1. The summed E-state index contributed by atoms with van der Waals surface area (Å²) in [5.41, 5.74) is 1.48. The minimum Gasteiger partial charge on any atom is -0.494 e. The van der Waals surface area contributed by atoms with Crippen molar-refractivity contribution in [2.45, 2.75) is 44.4 Å². The summed E-state index contributed by atoms with van der Waals surface area (Å²) in [6.07, 6.45) is 2.46. The second-order valence-electron chi connectivity index (χ2n) is 7.93. The number of fused-ring (bicyclic) bond motifs is 1. The standard InChI is InChI=1S/C23H27N3O6S2/c1-3-31-16-5-7-17(8-6-16)34(29,30)25-11-10-22(28)32-14-21(27)26-23-19(13-24)18-9-4-15(2)12-20(18)33-23/h5-8,15,25H,3-4,9-12,14H2,1-2H3,(H,26,27)/t15-/m1/s1. The van der Waals surface area contributed by atoms with Crippen molar-refractivity contribution >= 4 is 38.2 Å². The number of sulfonamides is 1. The zero-order valence-corrected chi connectivity index (χ0v) is 20.7. The Morgan fingerprint density at radius 1 is 1.26 bits per heavy atom. The van der Waals surface area contributed by atoms with Crippen molar-refractivity contribution in [3.8, 4) is 11.8 Å². The Morgan fingerprint density at radius 3 is 2.68 bits per heavy atom. The number of hydrogen-bond acceptors (Lipinski definition) is 8. The van der Waals surface area contributed by atoms with E-state index >= 15 is 0 Å². The summed E-state index contributed by atoms with van der Waals surface area (Å²) in [7, 11) is -3.79. The first-order chi connectivity index (χ1) is 16.2. The van der Waals surface area contributed by atoms with Crippen LogP contribution in [0.5, 0.6) is 5.75 Å². The average molecular weight is 506 g/mol. The lowest BCUT2D eigenvalue weighted by molar-refractivity contribution is -0.147. The highest BCUT2D eigenvalue weighted by atomic mass is 32.2. The van der Waals surface area contributed by atoms with Gasteiger partial charge in [-0.05, 0) is 61.9 Å². The smallest absolute Gasteiger partial charge is 0.307 e. The summed E-state index contributed by atoms with van der Waals surface area (Å²) in [5, 5.41) is 12.6. The van der Waals surface area contributed by atoms with Gasteiger partial charge < -0.3 is 14.8 Å². The summed E-state index contributed by atoms with van der Waals surface area (Å²) in [6.45, 7) is 3.76. The molecule has 3 rings (SSSR count). The number of nitrogens with one attached hydrogen (secondary N) is 2. The Bertz CT molecular complexity index is 1180. The maximum Gasteiger partial charge on any atom is 0.307 e. The highest BCUT2D eigenvalue weighted by molar-refractivity contribution is 7.89. The lowest BCUT2D eigenvalue weighted by atomic mass is 9.89. The molecule has 1 aliphatic rings. The summed E-state index contributed by atoms with van der Waals surface area (Å²) in [5.74, 6) is -0.174. The van der Waals surface area contributed by atoms with E-state index in [0.717, 1.165) is 29.7 Å². The number of carbonyl (C=O) groups excluding carboxylic acids is 2. The third-order valence-electron chi connectivity index (χ3n) is 5.31. The van der Waals surface area contributed by atoms with Gasteiger partial charge in [0.05, 0.1) is 23.5 Å². The molecule has 1 amide bonds. The van der Waals surface area contributed by atoms with Crippen LogP contribution in [0.15, 0.2) is 29.2 Å². The largest absolute Gasteiger partial charge is 0.494 e. The summed E-state index contributed by atoms with van der Waals surface area (Å²) in [4.78, 5) is 25.4. The second kappa shape index (κ2) is 11.5. The molecule has 9 nitrogen and oxygen atoms in total. The second-order valence-corrected chi connectivity index (χ2v) is 10.8. The van der Waals surface area contributed by atoms with Crippen LogP contribution in [0.25, 0.3) is 0 Å². The number of nitriles is 1. The topological polar surface area (TPSA) is 135 Å². The molecule has 2 N–H and O–H groups in total. The van der Waals surface area contributed by atoms with Gasteiger partial charge in [0, 0.05) is 11.4 Å². The Kier molecular flexibility index (Phi) is 8.66. The van der Waals surface area contributed by atoms with Crippen LogP contribution < -0.4 is 14.8 Å². The number of hydrogen-bond donors (Lipinski definition) is 2. The molecule has 34 heavy (non-hydrogen) atoms. The minimum atomic E-state index is -3.79. The van der Waals surface area contributed by atoms with Crippen LogP contribution in [0, 0.1) is 17.2 Å². The normalized spacial score (nSPS) is 15.1. The van der Waals surface area contributed by atoms with Gasteiger partial charge in [-0.2, -0.15) is 5.26 Å². The number of esters is 1. The van der Waals surface area contributed by atoms with Gasteiger partial charge in [-0.1, -0.05) is 6.92 Å². The van der Waals surface area contributed by atoms with Crippen LogP contribution in [0.1, 0.15) is 42.7 Å². The van der Waals surface area contributed by atoms with Crippen LogP contribution in [-0.2, 0) is 37.2 Å². The van der Waals surface area contributed by atoms with Gasteiger partial charge in [-0.15, -0.1) is 11.3 Å². The predicted octanol–water partition coefficient (Wildman–Crippen LogP) is 2.99. The Morgan fingerprint density at radius 2 is 2.00 bits per heavy atom. The van der Waals surface area contributed by atoms with Crippen molar-refractivity contribution < 1.29 is 27.5 Å². The number of ether oxygens (including phenoxy) is 2. The van der Waals surface area contributed by atoms with Gasteiger partial charge in [0.1, 0.15) is 16.8 Å². The summed E-state index contributed by atoms with van der Waals surface area (Å²) < 4.78 is 37.2. The molecular weight excluding hydrogens is 478 g/mol. The first-order valence-electron chi connectivity index (χ1n) is 11.0. The van der Waals surface area contributed by atoms with Crippen LogP contribution in [0.3, 0.4) is 0 Å². The molecule has 0 bridgehead atoms. The predicted molar refractivity (Wildman–Crippen MR) is 127 cm³/mol. The molecule has 182 valence electrons. The minimum absolute atomic E-state index is 0.0463. The average Bonchev–Trinajstić information content (AvgIpc) is 3.14. The van der Waals surface area contributed by atoms with Crippen molar-refractivity contribution in [2.75, 3.05) is 25.1 Å².